The van der Waals surface area contributed by atoms with Crippen LogP contribution in [0, 0.1) is 11.8 Å². The molecule has 1 N–H and O–H groups in total. The van der Waals surface area contributed by atoms with Crippen LogP contribution in [0.15, 0.2) is 58.5 Å². The smallest absolute Gasteiger partial charge is 0.345 e. The molecular formula is C24H25N5O4. The van der Waals surface area contributed by atoms with Crippen LogP contribution in [0.5, 0.6) is 5.75 Å². The van der Waals surface area contributed by atoms with Crippen LogP contribution in [0.4, 0.5) is 5.69 Å². The standard InChI is InChI=1S/C24H25N5O4/c1-16-12-18(6-7-20(16)27-32)22-14-21(25-24(31)26-22)17-4-3-5-19(13-17)33-15-23(30)29-10-8-28(2)9-11-29/h3-7,12-14H,8-11,15H2,1-2H3,(H,25,26,31). The molecule has 1 aliphatic heterocycles. The summed E-state index contributed by atoms with van der Waals surface area (Å²) in [7, 11) is 2.04. The van der Waals surface area contributed by atoms with Crippen molar-refractivity contribution in [3.8, 4) is 28.3 Å². The van der Waals surface area contributed by atoms with E-state index in [0.29, 0.717) is 47.0 Å². The maximum atomic E-state index is 12.5. The molecule has 2 aromatic carbocycles. The first-order valence-electron chi connectivity index (χ1n) is 10.7. The van der Waals surface area contributed by atoms with Gasteiger partial charge in [0.2, 0.25) is 0 Å². The van der Waals surface area contributed by atoms with E-state index in [0.717, 1.165) is 18.7 Å². The lowest BCUT2D eigenvalue weighted by molar-refractivity contribution is -0.134. The second kappa shape index (κ2) is 9.74. The predicted octanol–water partition coefficient (Wildman–Crippen LogP) is 2.96. The van der Waals surface area contributed by atoms with Crippen LogP contribution >= 0.6 is 0 Å². The highest BCUT2D eigenvalue weighted by Gasteiger charge is 2.19. The lowest BCUT2D eigenvalue weighted by Crippen LogP contribution is -2.48. The summed E-state index contributed by atoms with van der Waals surface area (Å²) in [6.45, 7) is 4.84. The van der Waals surface area contributed by atoms with E-state index in [4.69, 9.17) is 4.74 Å². The third kappa shape index (κ3) is 5.32. The van der Waals surface area contributed by atoms with E-state index >= 15 is 0 Å². The summed E-state index contributed by atoms with van der Waals surface area (Å²) < 4.78 is 5.74. The quantitative estimate of drug-likeness (QED) is 0.582. The zero-order chi connectivity index (χ0) is 23.4. The molecular weight excluding hydrogens is 422 g/mol. The molecule has 9 nitrogen and oxygen atoms in total. The Morgan fingerprint density at radius 3 is 2.61 bits per heavy atom. The number of hydrogen-bond acceptors (Lipinski definition) is 7. The van der Waals surface area contributed by atoms with Crippen LogP contribution < -0.4 is 10.4 Å². The summed E-state index contributed by atoms with van der Waals surface area (Å²) in [5.41, 5.74) is 3.05. The number of carbonyl (C=O) groups is 1. The maximum Gasteiger partial charge on any atom is 0.345 e. The normalized spacial score (nSPS) is 14.2. The second-order valence-electron chi connectivity index (χ2n) is 8.08. The minimum absolute atomic E-state index is 0.0440. The molecule has 0 unspecified atom stereocenters. The molecule has 0 bridgehead atoms. The average Bonchev–Trinajstić information content (AvgIpc) is 2.82. The summed E-state index contributed by atoms with van der Waals surface area (Å²) in [5, 5.41) is 2.98. The summed E-state index contributed by atoms with van der Waals surface area (Å²) in [5.74, 6) is 0.476. The van der Waals surface area contributed by atoms with Gasteiger partial charge in [0.05, 0.1) is 11.4 Å². The van der Waals surface area contributed by atoms with Crippen LogP contribution in [0.2, 0.25) is 0 Å². The maximum absolute atomic E-state index is 12.5. The molecule has 1 saturated heterocycles. The van der Waals surface area contributed by atoms with Crippen molar-refractivity contribution in [1.29, 1.82) is 0 Å². The molecule has 170 valence electrons. The SMILES string of the molecule is Cc1cc(-c2cc(-c3cccc(OCC(=O)N4CCN(C)CC4)c3)nc(=O)[nH]2)ccc1N=O. The summed E-state index contributed by atoms with van der Waals surface area (Å²) in [6.07, 6.45) is 0. The molecule has 0 aliphatic carbocycles. The van der Waals surface area contributed by atoms with Crippen molar-refractivity contribution in [2.75, 3.05) is 39.8 Å². The Morgan fingerprint density at radius 1 is 1.09 bits per heavy atom. The van der Waals surface area contributed by atoms with E-state index in [2.05, 4.69) is 20.0 Å². The number of aryl methyl sites for hydroxylation is 1. The third-order valence-electron chi connectivity index (χ3n) is 5.70. The zero-order valence-corrected chi connectivity index (χ0v) is 18.6. The van der Waals surface area contributed by atoms with Gasteiger partial charge in [0.15, 0.2) is 6.61 Å². The van der Waals surface area contributed by atoms with E-state index in [9.17, 15) is 14.5 Å². The molecule has 0 radical (unpaired) electrons. The third-order valence-corrected chi connectivity index (χ3v) is 5.70. The minimum Gasteiger partial charge on any atom is -0.484 e. The van der Waals surface area contributed by atoms with Gasteiger partial charge in [0.1, 0.15) is 11.4 Å². The number of hydrogen-bond donors (Lipinski definition) is 1. The molecule has 0 saturated carbocycles. The molecule has 0 atom stereocenters. The Balaban J connectivity index is 1.52. The summed E-state index contributed by atoms with van der Waals surface area (Å²) in [6, 6.07) is 14.0. The predicted molar refractivity (Wildman–Crippen MR) is 125 cm³/mol. The molecule has 9 heteroatoms. The highest BCUT2D eigenvalue weighted by Crippen LogP contribution is 2.28. The molecule has 3 aromatic rings. The second-order valence-corrected chi connectivity index (χ2v) is 8.08. The van der Waals surface area contributed by atoms with Crippen LogP contribution in [-0.2, 0) is 4.79 Å². The van der Waals surface area contributed by atoms with E-state index in [-0.39, 0.29) is 12.5 Å². The molecule has 4 rings (SSSR count). The number of nitrogens with zero attached hydrogens (tertiary/aromatic N) is 4. The largest absolute Gasteiger partial charge is 0.484 e. The van der Waals surface area contributed by atoms with E-state index in [1.54, 1.807) is 49.4 Å². The average molecular weight is 447 g/mol. The van der Waals surface area contributed by atoms with Crippen LogP contribution in [0.3, 0.4) is 0 Å². The van der Waals surface area contributed by atoms with Crippen molar-refractivity contribution in [2.24, 2.45) is 5.18 Å². The molecule has 33 heavy (non-hydrogen) atoms. The van der Waals surface area contributed by atoms with Gasteiger partial charge in [0, 0.05) is 31.7 Å². The first kappa shape index (κ1) is 22.3. The van der Waals surface area contributed by atoms with E-state index in [1.165, 1.54) is 0 Å². The van der Waals surface area contributed by atoms with Gasteiger partial charge in [0.25, 0.3) is 5.91 Å². The van der Waals surface area contributed by atoms with Crippen molar-refractivity contribution < 1.29 is 9.53 Å². The lowest BCUT2D eigenvalue weighted by atomic mass is 10.0. The van der Waals surface area contributed by atoms with Crippen molar-refractivity contribution in [2.45, 2.75) is 6.92 Å². The van der Waals surface area contributed by atoms with E-state index in [1.807, 2.05) is 18.0 Å². The Morgan fingerprint density at radius 2 is 1.88 bits per heavy atom. The van der Waals surface area contributed by atoms with Gasteiger partial charge >= 0.3 is 5.69 Å². The Labute approximate surface area is 191 Å². The fraction of sp³-hybridized carbons (Fsp3) is 0.292. The first-order valence-corrected chi connectivity index (χ1v) is 10.7. The molecule has 1 fully saturated rings. The number of benzene rings is 2. The fourth-order valence-electron chi connectivity index (χ4n) is 3.72. The molecule has 0 spiro atoms. The van der Waals surface area contributed by atoms with Gasteiger partial charge in [-0.05, 0) is 60.6 Å². The Kier molecular flexibility index (Phi) is 6.60. The summed E-state index contributed by atoms with van der Waals surface area (Å²) in [4.78, 5) is 46.4. The minimum atomic E-state index is -0.491. The van der Waals surface area contributed by atoms with E-state index < -0.39 is 5.69 Å². The highest BCUT2D eigenvalue weighted by atomic mass is 16.5. The fourth-order valence-corrected chi connectivity index (χ4v) is 3.72. The van der Waals surface area contributed by atoms with Gasteiger partial charge in [-0.1, -0.05) is 18.2 Å². The number of aromatic amines is 1. The molecule has 2 heterocycles. The van der Waals surface area contributed by atoms with Gasteiger partial charge in [-0.15, -0.1) is 4.91 Å². The molecule has 1 aliphatic rings. The Hall–Kier alpha value is -3.85. The number of piperazine rings is 1. The van der Waals surface area contributed by atoms with Gasteiger partial charge in [-0.2, -0.15) is 4.98 Å². The number of aromatic nitrogens is 2. The molecule has 1 aromatic heterocycles. The lowest BCUT2D eigenvalue weighted by Gasteiger charge is -2.32. The number of rotatable bonds is 6. The van der Waals surface area contributed by atoms with Crippen LogP contribution in [0.1, 0.15) is 5.56 Å². The number of ether oxygens (including phenoxy) is 1. The van der Waals surface area contributed by atoms with Gasteiger partial charge < -0.3 is 19.5 Å². The van der Waals surface area contributed by atoms with Gasteiger partial charge in [-0.3, -0.25) is 4.79 Å². The number of likely N-dealkylation sites (N-methyl/N-ethyl adjacent to an activating group) is 1. The highest BCUT2D eigenvalue weighted by molar-refractivity contribution is 5.78. The van der Waals surface area contributed by atoms with Crippen molar-refractivity contribution in [3.63, 3.8) is 0 Å². The first-order chi connectivity index (χ1) is 15.9. The monoisotopic (exact) mass is 447 g/mol. The van der Waals surface area contributed by atoms with Crippen LogP contribution in [0.25, 0.3) is 22.5 Å². The number of carbonyl (C=O) groups excluding carboxylic acids is 1. The number of amides is 1. The van der Waals surface area contributed by atoms with Crippen molar-refractivity contribution in [3.05, 3.63) is 69.5 Å². The van der Waals surface area contributed by atoms with Crippen molar-refractivity contribution in [1.82, 2.24) is 19.8 Å². The number of nitroso groups, excluding NO2 is 1. The number of nitrogens with one attached hydrogen (secondary N) is 1. The molecule has 1 amide bonds. The van der Waals surface area contributed by atoms with Crippen molar-refractivity contribution >= 4 is 11.6 Å². The zero-order valence-electron chi connectivity index (χ0n) is 18.6. The Bertz CT molecular complexity index is 1230. The van der Waals surface area contributed by atoms with Crippen LogP contribution in [-0.4, -0.2) is 65.5 Å². The number of H-pyrrole nitrogens is 1. The summed E-state index contributed by atoms with van der Waals surface area (Å²) >= 11 is 0. The topological polar surface area (TPSA) is 108 Å². The van der Waals surface area contributed by atoms with Gasteiger partial charge in [-0.25, -0.2) is 4.79 Å².